The molecular formula is C17H25NO3S. The fraction of sp³-hybridized carbons (Fsp3) is 0.588. The molecule has 1 saturated heterocycles. The first-order valence-corrected chi connectivity index (χ1v) is 9.86. The molecule has 1 aliphatic rings. The third-order valence-electron chi connectivity index (χ3n) is 4.51. The second-order valence-corrected chi connectivity index (χ2v) is 8.69. The highest BCUT2D eigenvalue weighted by Gasteiger charge is 2.36. The van der Waals surface area contributed by atoms with Gasteiger partial charge >= 0.3 is 0 Å². The summed E-state index contributed by atoms with van der Waals surface area (Å²) in [6.07, 6.45) is 3.13. The largest absolute Gasteiger partial charge is 0.339 e. The van der Waals surface area contributed by atoms with Gasteiger partial charge in [0.2, 0.25) is 5.91 Å². The molecule has 22 heavy (non-hydrogen) atoms. The molecule has 4 nitrogen and oxygen atoms in total. The SMILES string of the molecule is CC(CS(C)(=O)=O)C(=O)N1CCC(Cc2ccccc2)C1C. The van der Waals surface area contributed by atoms with Gasteiger partial charge in [0.1, 0.15) is 9.84 Å². The van der Waals surface area contributed by atoms with Crippen LogP contribution in [0.15, 0.2) is 30.3 Å². The molecule has 5 heteroatoms. The summed E-state index contributed by atoms with van der Waals surface area (Å²) >= 11 is 0. The molecule has 1 aromatic carbocycles. The Morgan fingerprint density at radius 1 is 1.32 bits per heavy atom. The molecule has 1 aliphatic heterocycles. The molecule has 0 spiro atoms. The zero-order chi connectivity index (χ0) is 16.3. The number of rotatable bonds is 5. The van der Waals surface area contributed by atoms with Gasteiger partial charge < -0.3 is 4.90 Å². The van der Waals surface area contributed by atoms with Crippen molar-refractivity contribution in [3.8, 4) is 0 Å². The van der Waals surface area contributed by atoms with Crippen molar-refractivity contribution in [3.63, 3.8) is 0 Å². The van der Waals surface area contributed by atoms with Crippen molar-refractivity contribution in [2.45, 2.75) is 32.7 Å². The minimum atomic E-state index is -3.12. The normalized spacial score (nSPS) is 23.5. The molecule has 3 atom stereocenters. The summed E-state index contributed by atoms with van der Waals surface area (Å²) in [5, 5.41) is 0. The molecule has 1 fully saturated rings. The van der Waals surface area contributed by atoms with Crippen molar-refractivity contribution in [1.82, 2.24) is 4.90 Å². The van der Waals surface area contributed by atoms with Crippen LogP contribution in [0.25, 0.3) is 0 Å². The second kappa shape index (κ2) is 6.82. The zero-order valence-corrected chi connectivity index (χ0v) is 14.3. The van der Waals surface area contributed by atoms with Gasteiger partial charge in [-0.1, -0.05) is 37.3 Å². The number of carbonyl (C=O) groups is 1. The lowest BCUT2D eigenvalue weighted by molar-refractivity contribution is -0.135. The maximum absolute atomic E-state index is 12.5. The summed E-state index contributed by atoms with van der Waals surface area (Å²) in [7, 11) is -3.12. The maximum atomic E-state index is 12.5. The van der Waals surface area contributed by atoms with E-state index in [1.165, 1.54) is 11.8 Å². The summed E-state index contributed by atoms with van der Waals surface area (Å²) in [5.74, 6) is -0.128. The van der Waals surface area contributed by atoms with Gasteiger partial charge in [-0.15, -0.1) is 0 Å². The summed E-state index contributed by atoms with van der Waals surface area (Å²) in [4.78, 5) is 14.4. The van der Waals surface area contributed by atoms with E-state index in [1.807, 2.05) is 23.1 Å². The van der Waals surface area contributed by atoms with Crippen LogP contribution in [0, 0.1) is 11.8 Å². The van der Waals surface area contributed by atoms with Crippen LogP contribution in [-0.4, -0.2) is 43.8 Å². The number of amides is 1. The predicted octanol–water partition coefficient (Wildman–Crippen LogP) is 2.15. The smallest absolute Gasteiger partial charge is 0.226 e. The fourth-order valence-corrected chi connectivity index (χ4v) is 4.36. The average Bonchev–Trinajstić information content (AvgIpc) is 2.79. The van der Waals surface area contributed by atoms with E-state index in [0.29, 0.717) is 5.92 Å². The molecule has 1 heterocycles. The Morgan fingerprint density at radius 2 is 1.95 bits per heavy atom. The van der Waals surface area contributed by atoms with Crippen molar-refractivity contribution in [2.75, 3.05) is 18.6 Å². The highest BCUT2D eigenvalue weighted by molar-refractivity contribution is 7.90. The summed E-state index contributed by atoms with van der Waals surface area (Å²) < 4.78 is 22.8. The molecule has 1 amide bonds. The van der Waals surface area contributed by atoms with E-state index in [-0.39, 0.29) is 17.7 Å². The predicted molar refractivity (Wildman–Crippen MR) is 88.3 cm³/mol. The minimum absolute atomic E-state index is 0.0338. The third kappa shape index (κ3) is 4.32. The molecule has 3 unspecified atom stereocenters. The molecule has 2 rings (SSSR count). The van der Waals surface area contributed by atoms with Crippen molar-refractivity contribution < 1.29 is 13.2 Å². The molecule has 0 aromatic heterocycles. The maximum Gasteiger partial charge on any atom is 0.226 e. The lowest BCUT2D eigenvalue weighted by atomic mass is 9.93. The van der Waals surface area contributed by atoms with Gasteiger partial charge in [-0.05, 0) is 31.2 Å². The molecule has 1 aromatic rings. The van der Waals surface area contributed by atoms with Crippen LogP contribution in [0.2, 0.25) is 0 Å². The number of hydrogen-bond donors (Lipinski definition) is 0. The number of benzene rings is 1. The van der Waals surface area contributed by atoms with E-state index >= 15 is 0 Å². The average molecular weight is 323 g/mol. The lowest BCUT2D eigenvalue weighted by Gasteiger charge is -2.27. The van der Waals surface area contributed by atoms with Crippen LogP contribution in [0.4, 0.5) is 0 Å². The molecule has 0 bridgehead atoms. The zero-order valence-electron chi connectivity index (χ0n) is 13.5. The highest BCUT2D eigenvalue weighted by Crippen LogP contribution is 2.28. The van der Waals surface area contributed by atoms with Crippen LogP contribution < -0.4 is 0 Å². The van der Waals surface area contributed by atoms with Crippen LogP contribution >= 0.6 is 0 Å². The van der Waals surface area contributed by atoms with E-state index in [1.54, 1.807) is 6.92 Å². The van der Waals surface area contributed by atoms with Gasteiger partial charge in [-0.2, -0.15) is 0 Å². The van der Waals surface area contributed by atoms with Crippen LogP contribution in [0.3, 0.4) is 0 Å². The Bertz CT molecular complexity index is 612. The second-order valence-electron chi connectivity index (χ2n) is 6.50. The van der Waals surface area contributed by atoms with Crippen molar-refractivity contribution in [2.24, 2.45) is 11.8 Å². The number of likely N-dealkylation sites (tertiary alicyclic amines) is 1. The first kappa shape index (κ1) is 17.0. The Hall–Kier alpha value is -1.36. The fourth-order valence-electron chi connectivity index (χ4n) is 3.31. The first-order valence-electron chi connectivity index (χ1n) is 7.80. The Labute approximate surface area is 133 Å². The minimum Gasteiger partial charge on any atom is -0.339 e. The summed E-state index contributed by atoms with van der Waals surface area (Å²) in [5.41, 5.74) is 1.29. The highest BCUT2D eigenvalue weighted by atomic mass is 32.2. The van der Waals surface area contributed by atoms with Gasteiger partial charge in [-0.3, -0.25) is 4.79 Å². The van der Waals surface area contributed by atoms with Gasteiger partial charge in [0.25, 0.3) is 0 Å². The third-order valence-corrected chi connectivity index (χ3v) is 5.62. The number of nitrogens with zero attached hydrogens (tertiary/aromatic N) is 1. The van der Waals surface area contributed by atoms with Gasteiger partial charge in [0.15, 0.2) is 0 Å². The van der Waals surface area contributed by atoms with Crippen molar-refractivity contribution in [1.29, 1.82) is 0 Å². The number of carbonyl (C=O) groups excluding carboxylic acids is 1. The molecule has 122 valence electrons. The molecular weight excluding hydrogens is 298 g/mol. The van der Waals surface area contributed by atoms with E-state index in [0.717, 1.165) is 19.4 Å². The monoisotopic (exact) mass is 323 g/mol. The van der Waals surface area contributed by atoms with Crippen LogP contribution in [0.5, 0.6) is 0 Å². The molecule has 0 saturated carbocycles. The summed E-state index contributed by atoms with van der Waals surface area (Å²) in [6, 6.07) is 10.5. The Balaban J connectivity index is 1.98. The number of sulfone groups is 1. The van der Waals surface area contributed by atoms with E-state index in [2.05, 4.69) is 19.1 Å². The van der Waals surface area contributed by atoms with Crippen LogP contribution in [0.1, 0.15) is 25.8 Å². The van der Waals surface area contributed by atoms with Crippen molar-refractivity contribution >= 4 is 15.7 Å². The quantitative estimate of drug-likeness (QED) is 0.834. The van der Waals surface area contributed by atoms with E-state index < -0.39 is 15.8 Å². The van der Waals surface area contributed by atoms with Gasteiger partial charge in [0, 0.05) is 24.8 Å². The van der Waals surface area contributed by atoms with E-state index in [4.69, 9.17) is 0 Å². The molecule has 0 radical (unpaired) electrons. The van der Waals surface area contributed by atoms with Crippen molar-refractivity contribution in [3.05, 3.63) is 35.9 Å². The van der Waals surface area contributed by atoms with Crippen LogP contribution in [-0.2, 0) is 21.1 Å². The Morgan fingerprint density at radius 3 is 2.55 bits per heavy atom. The van der Waals surface area contributed by atoms with Gasteiger partial charge in [-0.25, -0.2) is 8.42 Å². The Kier molecular flexibility index (Phi) is 5.27. The molecule has 0 aliphatic carbocycles. The molecule has 0 N–H and O–H groups in total. The lowest BCUT2D eigenvalue weighted by Crippen LogP contribution is -2.41. The first-order chi connectivity index (χ1) is 10.3. The van der Waals surface area contributed by atoms with E-state index in [9.17, 15) is 13.2 Å². The standard InChI is InChI=1S/C17H25NO3S/c1-13(12-22(3,20)21)17(19)18-10-9-16(14(18)2)11-15-7-5-4-6-8-15/h4-8,13-14,16H,9-12H2,1-3H3. The summed E-state index contributed by atoms with van der Waals surface area (Å²) in [6.45, 7) is 4.51. The number of hydrogen-bond acceptors (Lipinski definition) is 3. The topological polar surface area (TPSA) is 54.5 Å². The van der Waals surface area contributed by atoms with Gasteiger partial charge in [0.05, 0.1) is 5.75 Å².